The van der Waals surface area contributed by atoms with E-state index in [9.17, 15) is 0 Å². The van der Waals surface area contributed by atoms with Crippen molar-refractivity contribution >= 4 is 53.0 Å². The molecule has 0 spiro atoms. The van der Waals surface area contributed by atoms with E-state index in [2.05, 4.69) is 34.5 Å². The summed E-state index contributed by atoms with van der Waals surface area (Å²) in [6.07, 6.45) is 5.18. The van der Waals surface area contributed by atoms with Gasteiger partial charge < -0.3 is 15.4 Å². The van der Waals surface area contributed by atoms with Gasteiger partial charge in [0.2, 0.25) is 0 Å². The first kappa shape index (κ1) is 21.0. The molecule has 0 aromatic carbocycles. The summed E-state index contributed by atoms with van der Waals surface area (Å²) in [4.78, 5) is 8.94. The highest BCUT2D eigenvalue weighted by Gasteiger charge is 2.29. The molecule has 132 valence electrons. The third-order valence-corrected chi connectivity index (χ3v) is 5.52. The topological polar surface area (TPSA) is 58.5 Å². The molecule has 0 radical (unpaired) electrons. The molecule has 1 unspecified atom stereocenters. The van der Waals surface area contributed by atoms with Crippen molar-refractivity contribution in [3.8, 4) is 0 Å². The fraction of sp³-hybridized carbons (Fsp3) is 0.733. The number of thioether (sulfide) groups is 1. The highest BCUT2D eigenvalue weighted by molar-refractivity contribution is 14.0. The lowest BCUT2D eigenvalue weighted by molar-refractivity contribution is 0.0283. The molecule has 1 atom stereocenters. The van der Waals surface area contributed by atoms with Gasteiger partial charge in [0, 0.05) is 37.0 Å². The van der Waals surface area contributed by atoms with Gasteiger partial charge in [0.1, 0.15) is 4.34 Å². The fourth-order valence-corrected chi connectivity index (χ4v) is 3.92. The van der Waals surface area contributed by atoms with Gasteiger partial charge in [0.15, 0.2) is 5.96 Å². The Balaban J connectivity index is 0.00000264. The van der Waals surface area contributed by atoms with Crippen LogP contribution in [-0.2, 0) is 4.74 Å². The minimum Gasteiger partial charge on any atom is -0.373 e. The summed E-state index contributed by atoms with van der Waals surface area (Å²) >= 11 is 3.51. The predicted molar refractivity (Wildman–Crippen MR) is 110 cm³/mol. The van der Waals surface area contributed by atoms with E-state index in [-0.39, 0.29) is 29.6 Å². The molecule has 1 aromatic rings. The van der Waals surface area contributed by atoms with E-state index < -0.39 is 0 Å². The van der Waals surface area contributed by atoms with Crippen LogP contribution in [0, 0.1) is 0 Å². The SMILES string of the molecule is CCNC(=NCC1(C)CCCO1)NCCCSc1nccs1.I. The molecular weight excluding hydrogens is 443 g/mol. The molecular formula is C15H27IN4OS2. The molecule has 5 nitrogen and oxygen atoms in total. The second-order valence-electron chi connectivity index (χ2n) is 5.52. The number of aliphatic imine (C=N–C) groups is 1. The third kappa shape index (κ3) is 8.04. The van der Waals surface area contributed by atoms with Gasteiger partial charge in [-0.2, -0.15) is 0 Å². The number of nitrogens with one attached hydrogen (secondary N) is 2. The molecule has 0 amide bonds. The van der Waals surface area contributed by atoms with Crippen LogP contribution in [0.4, 0.5) is 0 Å². The molecule has 2 rings (SSSR count). The molecule has 1 fully saturated rings. The summed E-state index contributed by atoms with van der Waals surface area (Å²) < 4.78 is 6.93. The summed E-state index contributed by atoms with van der Waals surface area (Å²) in [6.45, 7) is 7.61. The van der Waals surface area contributed by atoms with Crippen molar-refractivity contribution in [2.24, 2.45) is 4.99 Å². The Morgan fingerprint density at radius 3 is 3.04 bits per heavy atom. The third-order valence-electron chi connectivity index (χ3n) is 3.47. The molecule has 0 saturated carbocycles. The first-order valence-electron chi connectivity index (χ1n) is 7.90. The largest absolute Gasteiger partial charge is 0.373 e. The quantitative estimate of drug-likeness (QED) is 0.201. The zero-order valence-corrected chi connectivity index (χ0v) is 17.8. The molecule has 0 aliphatic carbocycles. The predicted octanol–water partition coefficient (Wildman–Crippen LogP) is 3.37. The Morgan fingerprint density at radius 2 is 2.39 bits per heavy atom. The number of nitrogens with zero attached hydrogens (tertiary/aromatic N) is 2. The van der Waals surface area contributed by atoms with Gasteiger partial charge in [-0.1, -0.05) is 11.8 Å². The normalized spacial score (nSPS) is 21.0. The summed E-state index contributed by atoms with van der Waals surface area (Å²) in [5.74, 6) is 1.96. The number of rotatable bonds is 8. The number of hydrogen-bond donors (Lipinski definition) is 2. The molecule has 2 N–H and O–H groups in total. The average Bonchev–Trinajstić information content (AvgIpc) is 3.16. The van der Waals surface area contributed by atoms with E-state index in [0.29, 0.717) is 0 Å². The van der Waals surface area contributed by atoms with Crippen molar-refractivity contribution in [1.82, 2.24) is 15.6 Å². The first-order valence-corrected chi connectivity index (χ1v) is 9.77. The average molecular weight is 470 g/mol. The van der Waals surface area contributed by atoms with E-state index in [0.717, 1.165) is 61.6 Å². The lowest BCUT2D eigenvalue weighted by Gasteiger charge is -2.21. The Kier molecular flexibility index (Phi) is 10.5. The minimum atomic E-state index is -0.0803. The number of aromatic nitrogens is 1. The summed E-state index contributed by atoms with van der Waals surface area (Å²) in [5, 5.41) is 8.71. The van der Waals surface area contributed by atoms with E-state index in [1.807, 2.05) is 23.3 Å². The first-order chi connectivity index (χ1) is 10.7. The standard InChI is InChI=1S/C15H26N4OS2.HI/c1-3-16-13(19-12-15(2)6-4-9-20-15)17-7-5-10-21-14-18-8-11-22-14;/h8,11H,3-7,9-10,12H2,1-2H3,(H2,16,17,19);1H. The number of halogens is 1. The minimum absolute atomic E-state index is 0. The van der Waals surface area contributed by atoms with Gasteiger partial charge in [0.05, 0.1) is 12.1 Å². The molecule has 0 bridgehead atoms. The molecule has 23 heavy (non-hydrogen) atoms. The maximum atomic E-state index is 5.78. The van der Waals surface area contributed by atoms with Gasteiger partial charge >= 0.3 is 0 Å². The van der Waals surface area contributed by atoms with Crippen molar-refractivity contribution in [1.29, 1.82) is 0 Å². The number of guanidine groups is 1. The van der Waals surface area contributed by atoms with Crippen LogP contribution in [0.25, 0.3) is 0 Å². The molecule has 1 saturated heterocycles. The molecule has 1 aliphatic heterocycles. The lowest BCUT2D eigenvalue weighted by atomic mass is 10.0. The van der Waals surface area contributed by atoms with E-state index in [4.69, 9.17) is 4.74 Å². The van der Waals surface area contributed by atoms with Gasteiger partial charge in [-0.25, -0.2) is 4.98 Å². The second-order valence-corrected chi connectivity index (χ2v) is 7.76. The number of hydrogen-bond acceptors (Lipinski definition) is 5. The van der Waals surface area contributed by atoms with Crippen molar-refractivity contribution in [3.63, 3.8) is 0 Å². The van der Waals surface area contributed by atoms with E-state index in [1.54, 1.807) is 11.3 Å². The van der Waals surface area contributed by atoms with Crippen LogP contribution in [0.2, 0.25) is 0 Å². The molecule has 8 heteroatoms. The highest BCUT2D eigenvalue weighted by atomic mass is 127. The maximum absolute atomic E-state index is 5.78. The molecule has 1 aliphatic rings. The number of ether oxygens (including phenoxy) is 1. The molecule has 1 aromatic heterocycles. The van der Waals surface area contributed by atoms with Crippen LogP contribution in [0.3, 0.4) is 0 Å². The highest BCUT2D eigenvalue weighted by Crippen LogP contribution is 2.25. The summed E-state index contributed by atoms with van der Waals surface area (Å²) in [5.41, 5.74) is -0.0803. The maximum Gasteiger partial charge on any atom is 0.191 e. The monoisotopic (exact) mass is 470 g/mol. The summed E-state index contributed by atoms with van der Waals surface area (Å²) in [6, 6.07) is 0. The van der Waals surface area contributed by atoms with Crippen LogP contribution in [0.1, 0.15) is 33.1 Å². The van der Waals surface area contributed by atoms with E-state index in [1.165, 1.54) is 0 Å². The van der Waals surface area contributed by atoms with Gasteiger partial charge in [-0.05, 0) is 33.1 Å². The van der Waals surface area contributed by atoms with Crippen molar-refractivity contribution < 1.29 is 4.74 Å². The van der Waals surface area contributed by atoms with Crippen LogP contribution in [0.5, 0.6) is 0 Å². The lowest BCUT2D eigenvalue weighted by Crippen LogP contribution is -2.39. The zero-order chi connectivity index (χ0) is 15.7. The Labute approximate surface area is 164 Å². The fourth-order valence-electron chi connectivity index (χ4n) is 2.27. The summed E-state index contributed by atoms with van der Waals surface area (Å²) in [7, 11) is 0. The van der Waals surface area contributed by atoms with Crippen LogP contribution in [0.15, 0.2) is 20.9 Å². The second kappa shape index (κ2) is 11.5. The van der Waals surface area contributed by atoms with Crippen LogP contribution < -0.4 is 10.6 Å². The van der Waals surface area contributed by atoms with Gasteiger partial charge in [0.25, 0.3) is 0 Å². The zero-order valence-electron chi connectivity index (χ0n) is 13.8. The van der Waals surface area contributed by atoms with Gasteiger partial charge in [-0.3, -0.25) is 4.99 Å². The smallest absolute Gasteiger partial charge is 0.191 e. The van der Waals surface area contributed by atoms with Crippen LogP contribution in [-0.4, -0.2) is 48.5 Å². The van der Waals surface area contributed by atoms with Crippen molar-refractivity contribution in [2.45, 2.75) is 43.1 Å². The molecule has 2 heterocycles. The Hall–Kier alpha value is -0.0600. The van der Waals surface area contributed by atoms with Crippen molar-refractivity contribution in [2.75, 3.05) is 32.0 Å². The van der Waals surface area contributed by atoms with Crippen molar-refractivity contribution in [3.05, 3.63) is 11.6 Å². The van der Waals surface area contributed by atoms with E-state index >= 15 is 0 Å². The van der Waals surface area contributed by atoms with Gasteiger partial charge in [-0.15, -0.1) is 35.3 Å². The van der Waals surface area contributed by atoms with Crippen LogP contribution >= 0.6 is 47.1 Å². The number of thiazole rings is 1. The Bertz CT molecular complexity index is 450. The Morgan fingerprint density at radius 1 is 1.52 bits per heavy atom.